The van der Waals surface area contributed by atoms with Gasteiger partial charge in [-0.05, 0) is 124 Å². The average molecular weight is 1100 g/mol. The Morgan fingerprint density at radius 2 is 1.24 bits per heavy atom. The maximum atomic E-state index is 15.7. The van der Waals surface area contributed by atoms with Crippen LogP contribution in [0.5, 0.6) is 5.75 Å². The Hall–Kier alpha value is -7.11. The summed E-state index contributed by atoms with van der Waals surface area (Å²) in [6.07, 6.45) is 2.95. The topological polar surface area (TPSA) is 211 Å². The number of nitrogens with one attached hydrogen (secondary N) is 6. The molecule has 0 saturated carbocycles. The Balaban J connectivity index is 1.16. The van der Waals surface area contributed by atoms with Crippen LogP contribution in [-0.4, -0.2) is 126 Å². The lowest BCUT2D eigenvalue weighted by atomic mass is 9.84. The number of carbonyl (C=O) groups is 7. The zero-order valence-electron chi connectivity index (χ0n) is 48.9. The molecule has 5 unspecified atom stereocenters. The van der Waals surface area contributed by atoms with Crippen LogP contribution in [0.25, 0.3) is 0 Å². The lowest BCUT2D eigenvalue weighted by Crippen LogP contribution is -2.62. The summed E-state index contributed by atoms with van der Waals surface area (Å²) in [5, 5.41) is 18.2. The summed E-state index contributed by atoms with van der Waals surface area (Å²) >= 11 is 0. The van der Waals surface area contributed by atoms with E-state index in [0.717, 1.165) is 41.5 Å². The molecule has 0 radical (unpaired) electrons. The Bertz CT molecular complexity index is 2880. The number of carbonyl (C=O) groups excluding carboxylic acids is 7. The van der Waals surface area contributed by atoms with E-state index in [1.54, 1.807) is 62.0 Å². The van der Waals surface area contributed by atoms with E-state index < -0.39 is 71.0 Å². The lowest BCUT2D eigenvalue weighted by molar-refractivity contribution is -0.152. The zero-order valence-corrected chi connectivity index (χ0v) is 48.9. The van der Waals surface area contributed by atoms with Crippen molar-refractivity contribution in [3.05, 3.63) is 136 Å². The van der Waals surface area contributed by atoms with Crippen LogP contribution in [0.4, 0.5) is 0 Å². The first-order valence-corrected chi connectivity index (χ1v) is 28.4. The first-order chi connectivity index (χ1) is 37.9. The number of amides is 7. The van der Waals surface area contributed by atoms with Crippen molar-refractivity contribution in [1.82, 2.24) is 46.6 Å². The predicted molar refractivity (Wildman–Crippen MR) is 309 cm³/mol. The van der Waals surface area contributed by atoms with Crippen molar-refractivity contribution in [3.63, 3.8) is 0 Å². The van der Waals surface area contributed by atoms with E-state index in [4.69, 9.17) is 4.74 Å². The number of aryl methyl sites for hydroxylation is 1. The number of hydrogen-bond acceptors (Lipinski definition) is 10. The molecular formula is C63H85N9O8. The molecule has 2 aliphatic heterocycles. The quantitative estimate of drug-likeness (QED) is 0.0618. The van der Waals surface area contributed by atoms with Crippen LogP contribution in [0, 0.1) is 10.8 Å². The monoisotopic (exact) mass is 1100 g/mol. The maximum absolute atomic E-state index is 15.7. The molecule has 80 heavy (non-hydrogen) atoms. The van der Waals surface area contributed by atoms with Crippen LogP contribution in [0.15, 0.2) is 97.1 Å². The van der Waals surface area contributed by atoms with Gasteiger partial charge >= 0.3 is 0 Å². The fraction of sp³-hybridized carbons (Fsp3) is 0.508. The molecule has 17 heteroatoms. The predicted octanol–water partition coefficient (Wildman–Crippen LogP) is 6.30. The number of benzene rings is 4. The van der Waals surface area contributed by atoms with E-state index in [1.807, 2.05) is 122 Å². The minimum Gasteiger partial charge on any atom is -0.494 e. The third-order valence-electron chi connectivity index (χ3n) is 16.2. The standard InChI is InChI=1S/C63H85N9O8/c1-13-80-52-28-19-18-25-47(52)40(4)70(59(77)51-33-44-22-14-15-23-45(44)36-71(51)60(78)53(62(5,6)7)68-55(73)38(2)64-11)35-41-29-31-43(32-30-41)57(75)66-46-34-50(58(76)67-49-27-20-24-42-21-16-17-26-48(42)49)72(37-46)61(79)54(63(8,9)10)69-56(74)39(3)65-12/h14-19,21-23,25-26,28-32,38-40,46,49-51,53-54,64-65H,13,20,24,27,33-37H2,1-12H3,(H,66,75)(H,67,76)(H,68,73)(H,69,74)/t38?,39?,40-,46+,49-,50+,51?,53?,54?/m1/s1. The Kier molecular flexibility index (Phi) is 19.7. The van der Waals surface area contributed by atoms with Gasteiger partial charge in [-0.2, -0.15) is 0 Å². The third kappa shape index (κ3) is 14.1. The van der Waals surface area contributed by atoms with Crippen LogP contribution >= 0.6 is 0 Å². The highest BCUT2D eigenvalue weighted by Crippen LogP contribution is 2.36. The van der Waals surface area contributed by atoms with Gasteiger partial charge in [0.05, 0.1) is 30.8 Å². The normalized spacial score (nSPS) is 19.9. The molecular weight excluding hydrogens is 1010 g/mol. The summed E-state index contributed by atoms with van der Waals surface area (Å²) in [4.78, 5) is 106. The van der Waals surface area contributed by atoms with Crippen LogP contribution in [-0.2, 0) is 54.7 Å². The molecule has 1 fully saturated rings. The summed E-state index contributed by atoms with van der Waals surface area (Å²) in [6.45, 7) is 19.3. The van der Waals surface area contributed by atoms with Gasteiger partial charge in [-0.25, -0.2) is 0 Å². The molecule has 7 amide bonds. The fourth-order valence-electron chi connectivity index (χ4n) is 11.1. The highest BCUT2D eigenvalue weighted by molar-refractivity contribution is 5.97. The third-order valence-corrected chi connectivity index (χ3v) is 16.2. The molecule has 7 rings (SSSR count). The van der Waals surface area contributed by atoms with Crippen LogP contribution < -0.4 is 36.6 Å². The summed E-state index contributed by atoms with van der Waals surface area (Å²) in [6, 6.07) is 24.1. The largest absolute Gasteiger partial charge is 0.494 e. The lowest BCUT2D eigenvalue weighted by Gasteiger charge is -2.43. The highest BCUT2D eigenvalue weighted by atomic mass is 16.5. The van der Waals surface area contributed by atoms with E-state index in [1.165, 1.54) is 10.5 Å². The number of ether oxygens (including phenoxy) is 1. The Morgan fingerprint density at radius 1 is 0.675 bits per heavy atom. The molecule has 430 valence electrons. The molecule has 1 saturated heterocycles. The second-order valence-electron chi connectivity index (χ2n) is 24.0. The van der Waals surface area contributed by atoms with Crippen molar-refractivity contribution in [3.8, 4) is 5.75 Å². The molecule has 4 aromatic rings. The van der Waals surface area contributed by atoms with Gasteiger partial charge in [0.1, 0.15) is 29.9 Å². The SMILES string of the molecule is CCOc1ccccc1[C@@H](C)N(Cc1ccc(C(=O)N[C@H]2C[C@@H](C(=O)N[C@@H]3CCCc4ccccc43)N(C(=O)C(NC(=O)C(C)NC)C(C)(C)C)C2)cc1)C(=O)C1Cc2ccccc2CN1C(=O)C(NC(=O)C(C)NC)C(C)(C)C. The molecule has 17 nitrogen and oxygen atoms in total. The maximum Gasteiger partial charge on any atom is 0.251 e. The van der Waals surface area contributed by atoms with Crippen LogP contribution in [0.2, 0.25) is 0 Å². The summed E-state index contributed by atoms with van der Waals surface area (Å²) in [5.41, 5.74) is 4.48. The van der Waals surface area contributed by atoms with Gasteiger partial charge in [0, 0.05) is 43.2 Å². The van der Waals surface area contributed by atoms with Crippen molar-refractivity contribution >= 4 is 41.4 Å². The number of para-hydroxylation sites is 1. The Morgan fingerprint density at radius 3 is 1.84 bits per heavy atom. The van der Waals surface area contributed by atoms with Gasteiger partial charge in [0.15, 0.2) is 0 Å². The van der Waals surface area contributed by atoms with Crippen molar-refractivity contribution in [2.24, 2.45) is 10.8 Å². The van der Waals surface area contributed by atoms with E-state index in [9.17, 15) is 24.0 Å². The zero-order chi connectivity index (χ0) is 58.2. The van der Waals surface area contributed by atoms with Crippen LogP contribution in [0.3, 0.4) is 0 Å². The van der Waals surface area contributed by atoms with E-state index >= 15 is 9.59 Å². The second-order valence-corrected chi connectivity index (χ2v) is 24.0. The second kappa shape index (κ2) is 26.0. The fourth-order valence-corrected chi connectivity index (χ4v) is 11.1. The first-order valence-electron chi connectivity index (χ1n) is 28.4. The molecule has 4 aromatic carbocycles. The minimum atomic E-state index is -0.974. The van der Waals surface area contributed by atoms with Gasteiger partial charge in [-0.1, -0.05) is 120 Å². The summed E-state index contributed by atoms with van der Waals surface area (Å²) in [5.74, 6) is -1.88. The Labute approximate surface area is 473 Å². The highest BCUT2D eigenvalue weighted by Gasteiger charge is 2.47. The van der Waals surface area contributed by atoms with Crippen molar-refractivity contribution in [2.75, 3.05) is 27.2 Å². The number of fused-ring (bicyclic) bond motifs is 2. The summed E-state index contributed by atoms with van der Waals surface area (Å²) in [7, 11) is 3.35. The minimum absolute atomic E-state index is 0.0350. The first kappa shape index (κ1) is 60.5. The van der Waals surface area contributed by atoms with Gasteiger partial charge in [0.2, 0.25) is 35.4 Å². The molecule has 0 bridgehead atoms. The van der Waals surface area contributed by atoms with Gasteiger partial charge in [-0.3, -0.25) is 33.6 Å². The van der Waals surface area contributed by atoms with Crippen molar-refractivity contribution in [1.29, 1.82) is 0 Å². The molecule has 2 heterocycles. The van der Waals surface area contributed by atoms with Crippen molar-refractivity contribution in [2.45, 2.75) is 169 Å². The number of hydrogen-bond donors (Lipinski definition) is 6. The number of likely N-dealkylation sites (N-methyl/N-ethyl adjacent to an activating group) is 2. The van der Waals surface area contributed by atoms with Crippen LogP contribution in [0.1, 0.15) is 144 Å². The van der Waals surface area contributed by atoms with Gasteiger partial charge < -0.3 is 51.3 Å². The number of rotatable bonds is 19. The molecule has 0 spiro atoms. The molecule has 6 N–H and O–H groups in total. The van der Waals surface area contributed by atoms with Crippen molar-refractivity contribution < 1.29 is 38.3 Å². The van der Waals surface area contributed by atoms with E-state index in [-0.39, 0.29) is 68.1 Å². The van der Waals surface area contributed by atoms with E-state index in [0.29, 0.717) is 23.5 Å². The number of likely N-dealkylation sites (tertiary alicyclic amines) is 1. The van der Waals surface area contributed by atoms with E-state index in [2.05, 4.69) is 38.0 Å². The molecule has 1 aliphatic carbocycles. The van der Waals surface area contributed by atoms with Gasteiger partial charge in [0.25, 0.3) is 5.91 Å². The molecule has 3 aliphatic rings. The smallest absolute Gasteiger partial charge is 0.251 e. The average Bonchev–Trinajstić information content (AvgIpc) is 3.99. The number of nitrogens with zero attached hydrogens (tertiary/aromatic N) is 3. The summed E-state index contributed by atoms with van der Waals surface area (Å²) < 4.78 is 6.11. The molecule has 0 aromatic heterocycles. The molecule has 9 atom stereocenters. The van der Waals surface area contributed by atoms with Gasteiger partial charge in [-0.15, -0.1) is 0 Å².